The lowest BCUT2D eigenvalue weighted by molar-refractivity contribution is -0.384. The number of carbonyl (C=O) groups is 1. The van der Waals surface area contributed by atoms with Crippen LogP contribution in [-0.4, -0.2) is 19.2 Å². The van der Waals surface area contributed by atoms with Gasteiger partial charge in [-0.2, -0.15) is 4.31 Å². The average Bonchev–Trinajstić information content (AvgIpc) is 3.12. The maximum Gasteiger partial charge on any atom is 0.396 e. The molecule has 0 spiro atoms. The molecule has 1 amide bonds. The summed E-state index contributed by atoms with van der Waals surface area (Å²) >= 11 is 0.778. The number of amides is 1. The highest BCUT2D eigenvalue weighted by Gasteiger charge is 2.33. The molecule has 0 N–H and O–H groups in total. The molecule has 0 saturated heterocycles. The van der Waals surface area contributed by atoms with Gasteiger partial charge in [0.05, 0.1) is 20.2 Å². The summed E-state index contributed by atoms with van der Waals surface area (Å²) in [4.78, 5) is 34.8. The molecule has 33 heavy (non-hydrogen) atoms. The lowest BCUT2D eigenvalue weighted by Crippen LogP contribution is -2.37. The fourth-order valence-electron chi connectivity index (χ4n) is 3.38. The van der Waals surface area contributed by atoms with Crippen LogP contribution in [0.3, 0.4) is 0 Å². The van der Waals surface area contributed by atoms with Crippen molar-refractivity contribution in [2.45, 2.75) is 18.7 Å². The number of nitro benzene ring substituents is 1. The molecule has 1 aromatic heterocycles. The lowest BCUT2D eigenvalue weighted by atomic mass is 10.2. The summed E-state index contributed by atoms with van der Waals surface area (Å²) in [5, 5.41) is 11.0. The number of nitro groups is 1. The Balaban J connectivity index is 1.91. The van der Waals surface area contributed by atoms with Gasteiger partial charge in [-0.25, -0.2) is 13.2 Å². The number of nitrogens with zero attached hydrogens (tertiary/aromatic N) is 2. The summed E-state index contributed by atoms with van der Waals surface area (Å²) in [7, 11) is -4.39. The van der Waals surface area contributed by atoms with Crippen molar-refractivity contribution in [2.75, 3.05) is 4.31 Å². The Morgan fingerprint density at radius 2 is 1.73 bits per heavy atom. The highest BCUT2D eigenvalue weighted by Crippen LogP contribution is 2.31. The van der Waals surface area contributed by atoms with Crippen LogP contribution < -0.4 is 9.24 Å². The number of benzene rings is 3. The molecule has 3 aromatic carbocycles. The first-order chi connectivity index (χ1) is 15.6. The third kappa shape index (κ3) is 4.15. The van der Waals surface area contributed by atoms with E-state index < -0.39 is 25.8 Å². The largest absolute Gasteiger partial charge is 0.414 e. The van der Waals surface area contributed by atoms with E-state index in [0.29, 0.717) is 14.6 Å². The minimum Gasteiger partial charge on any atom is -0.414 e. The van der Waals surface area contributed by atoms with Crippen LogP contribution in [-0.2, 0) is 10.0 Å². The van der Waals surface area contributed by atoms with E-state index in [0.717, 1.165) is 29.0 Å². The van der Waals surface area contributed by atoms with Gasteiger partial charge >= 0.3 is 4.94 Å². The van der Waals surface area contributed by atoms with Crippen molar-refractivity contribution >= 4 is 48.9 Å². The van der Waals surface area contributed by atoms with E-state index in [-0.39, 0.29) is 27.4 Å². The van der Waals surface area contributed by atoms with E-state index in [4.69, 9.17) is 4.42 Å². The number of carbonyl (C=O) groups excluding carboxylic acids is 1. The van der Waals surface area contributed by atoms with Crippen molar-refractivity contribution in [3.63, 3.8) is 0 Å². The smallest absolute Gasteiger partial charge is 0.396 e. The van der Waals surface area contributed by atoms with Gasteiger partial charge in [-0.05, 0) is 55.8 Å². The highest BCUT2D eigenvalue weighted by atomic mass is 32.2. The summed E-state index contributed by atoms with van der Waals surface area (Å²) in [6.07, 6.45) is 0. The maximum atomic E-state index is 13.7. The first kappa shape index (κ1) is 22.4. The number of sulfonamides is 1. The van der Waals surface area contributed by atoms with E-state index >= 15 is 0 Å². The van der Waals surface area contributed by atoms with E-state index in [1.165, 1.54) is 36.4 Å². The Morgan fingerprint density at radius 1 is 1.03 bits per heavy atom. The summed E-state index contributed by atoms with van der Waals surface area (Å²) in [6.45, 7) is 3.44. The molecule has 0 atom stereocenters. The Kier molecular flexibility index (Phi) is 5.60. The van der Waals surface area contributed by atoms with Gasteiger partial charge in [-0.15, -0.1) is 0 Å². The van der Waals surface area contributed by atoms with Crippen molar-refractivity contribution in [2.24, 2.45) is 0 Å². The van der Waals surface area contributed by atoms with Crippen LogP contribution in [0.1, 0.15) is 21.5 Å². The second-order valence-corrected chi connectivity index (χ2v) is 9.97. The van der Waals surface area contributed by atoms with Crippen LogP contribution in [0.15, 0.2) is 74.8 Å². The SMILES string of the molecule is Cc1ccc(S(=O)(=O)N(C(=O)c2ccc([N+](=O)[O-])cc2)c2ccc3oc(=O)sc3c2)c(C)c1. The molecule has 0 aliphatic heterocycles. The summed E-state index contributed by atoms with van der Waals surface area (Å²) in [5.74, 6) is -0.903. The number of fused-ring (bicyclic) bond motifs is 1. The minimum absolute atomic E-state index is 0.00266. The summed E-state index contributed by atoms with van der Waals surface area (Å²) in [6, 6.07) is 13.5. The van der Waals surface area contributed by atoms with Gasteiger partial charge in [0.2, 0.25) is 0 Å². The molecule has 4 aromatic rings. The van der Waals surface area contributed by atoms with Crippen molar-refractivity contribution in [3.8, 4) is 0 Å². The molecule has 0 saturated carbocycles. The number of aryl methyl sites for hydroxylation is 2. The molecule has 4 rings (SSSR count). The number of rotatable bonds is 5. The van der Waals surface area contributed by atoms with Crippen molar-refractivity contribution < 1.29 is 22.6 Å². The molecular weight excluding hydrogens is 468 g/mol. The predicted octanol–water partition coefficient (Wildman–Crippen LogP) is 4.42. The van der Waals surface area contributed by atoms with Crippen molar-refractivity contribution in [1.82, 2.24) is 0 Å². The van der Waals surface area contributed by atoms with Gasteiger partial charge in [0.15, 0.2) is 0 Å². The van der Waals surface area contributed by atoms with Crippen LogP contribution in [0.4, 0.5) is 11.4 Å². The molecule has 11 heteroatoms. The van der Waals surface area contributed by atoms with Crippen LogP contribution >= 0.6 is 11.3 Å². The molecule has 0 fully saturated rings. The van der Waals surface area contributed by atoms with Gasteiger partial charge in [0.25, 0.3) is 21.6 Å². The zero-order valence-corrected chi connectivity index (χ0v) is 19.0. The van der Waals surface area contributed by atoms with Gasteiger partial charge < -0.3 is 4.42 Å². The van der Waals surface area contributed by atoms with Crippen LogP contribution in [0.5, 0.6) is 0 Å². The normalized spacial score (nSPS) is 11.5. The first-order valence-corrected chi connectivity index (χ1v) is 11.8. The molecular formula is C22H16N2O7S2. The van der Waals surface area contributed by atoms with E-state index in [9.17, 15) is 28.1 Å². The van der Waals surface area contributed by atoms with Gasteiger partial charge in [0, 0.05) is 17.7 Å². The number of hydrogen-bond acceptors (Lipinski definition) is 8. The molecule has 9 nitrogen and oxygen atoms in total. The van der Waals surface area contributed by atoms with Crippen molar-refractivity contribution in [1.29, 1.82) is 0 Å². The lowest BCUT2D eigenvalue weighted by Gasteiger charge is -2.24. The number of anilines is 1. The highest BCUT2D eigenvalue weighted by molar-refractivity contribution is 7.93. The predicted molar refractivity (Wildman–Crippen MR) is 123 cm³/mol. The Morgan fingerprint density at radius 3 is 2.36 bits per heavy atom. The van der Waals surface area contributed by atoms with E-state index in [1.54, 1.807) is 19.1 Å². The van der Waals surface area contributed by atoms with Gasteiger partial charge in [-0.3, -0.25) is 14.9 Å². The second kappa shape index (κ2) is 8.26. The molecule has 0 radical (unpaired) electrons. The van der Waals surface area contributed by atoms with E-state index in [2.05, 4.69) is 0 Å². The zero-order chi connectivity index (χ0) is 23.9. The summed E-state index contributed by atoms with van der Waals surface area (Å²) < 4.78 is 33.5. The fourth-order valence-corrected chi connectivity index (χ4v) is 5.70. The van der Waals surface area contributed by atoms with Crippen LogP contribution in [0.2, 0.25) is 0 Å². The Hall–Kier alpha value is -3.83. The molecule has 0 aliphatic rings. The third-order valence-corrected chi connectivity index (χ3v) is 7.57. The molecule has 0 unspecified atom stereocenters. The standard InChI is InChI=1S/C22H16N2O7S2/c1-13-3-10-20(14(2)11-13)33(29,30)23(17-8-9-18-19(12-17)32-22(26)31-18)21(25)15-4-6-16(7-5-15)24(27)28/h3-12H,1-2H3. The topological polar surface area (TPSA) is 128 Å². The molecule has 0 aliphatic carbocycles. The van der Waals surface area contributed by atoms with Crippen LogP contribution in [0.25, 0.3) is 10.3 Å². The Labute approximate surface area is 191 Å². The first-order valence-electron chi connectivity index (χ1n) is 9.53. The van der Waals surface area contributed by atoms with Crippen molar-refractivity contribution in [3.05, 3.63) is 97.2 Å². The van der Waals surface area contributed by atoms with Crippen LogP contribution in [0, 0.1) is 24.0 Å². The maximum absolute atomic E-state index is 13.7. The number of non-ortho nitro benzene ring substituents is 1. The quantitative estimate of drug-likeness (QED) is 0.303. The molecule has 0 bridgehead atoms. The zero-order valence-electron chi connectivity index (χ0n) is 17.3. The third-order valence-electron chi connectivity index (χ3n) is 4.91. The Bertz CT molecular complexity index is 1570. The second-order valence-electron chi connectivity index (χ2n) is 7.23. The molecule has 168 valence electrons. The van der Waals surface area contributed by atoms with Gasteiger partial charge in [-0.1, -0.05) is 29.0 Å². The monoisotopic (exact) mass is 484 g/mol. The van der Waals surface area contributed by atoms with Gasteiger partial charge in [0.1, 0.15) is 5.58 Å². The number of hydrogen-bond donors (Lipinski definition) is 0. The fraction of sp³-hybridized carbons (Fsp3) is 0.0909. The summed E-state index contributed by atoms with van der Waals surface area (Å²) in [5.41, 5.74) is 1.27. The molecule has 1 heterocycles. The average molecular weight is 485 g/mol. The van der Waals surface area contributed by atoms with E-state index in [1.807, 2.05) is 6.92 Å². The minimum atomic E-state index is -4.39.